The maximum Gasteiger partial charge on any atom is 0.354 e. The lowest BCUT2D eigenvalue weighted by Crippen LogP contribution is -2.24. The molecule has 10 heteroatoms. The first kappa shape index (κ1) is 11.0. The fourth-order valence-corrected chi connectivity index (χ4v) is 1.47. The van der Waals surface area contributed by atoms with Gasteiger partial charge in [0.1, 0.15) is 0 Å². The van der Waals surface area contributed by atoms with Crippen molar-refractivity contribution in [2.45, 2.75) is 6.54 Å². The third-order valence-electron chi connectivity index (χ3n) is 2.14. The van der Waals surface area contributed by atoms with E-state index in [0.717, 1.165) is 4.52 Å². The molecule has 17 heavy (non-hydrogen) atoms. The van der Waals surface area contributed by atoms with Gasteiger partial charge in [-0.05, 0) is 0 Å². The third kappa shape index (κ3) is 1.70. The number of nitrogens with one attached hydrogen (secondary N) is 2. The summed E-state index contributed by atoms with van der Waals surface area (Å²) >= 11 is 0. The molecular formula is C7H9N7O3. The Morgan fingerprint density at radius 3 is 2.94 bits per heavy atom. The molecule has 90 valence electrons. The third-order valence-corrected chi connectivity index (χ3v) is 2.14. The first-order valence-corrected chi connectivity index (χ1v) is 4.52. The topological polar surface area (TPSA) is 157 Å². The zero-order chi connectivity index (χ0) is 12.6. The molecule has 6 N–H and O–H groups in total. The van der Waals surface area contributed by atoms with E-state index in [1.165, 1.54) is 6.07 Å². The number of aromatic nitrogens is 3. The van der Waals surface area contributed by atoms with Crippen LogP contribution in [0.3, 0.4) is 0 Å². The maximum atomic E-state index is 11.6. The monoisotopic (exact) mass is 239 g/mol. The Hall–Kier alpha value is -2.46. The molecule has 2 rings (SSSR count). The summed E-state index contributed by atoms with van der Waals surface area (Å²) in [5.74, 6) is 4.87. The van der Waals surface area contributed by atoms with E-state index in [1.807, 2.05) is 0 Å². The Morgan fingerprint density at radius 1 is 1.65 bits per heavy atom. The van der Waals surface area contributed by atoms with Crippen LogP contribution in [0.1, 0.15) is 5.69 Å². The predicted octanol–water partition coefficient (Wildman–Crippen LogP) is -1.52. The van der Waals surface area contributed by atoms with E-state index in [-0.39, 0.29) is 18.0 Å². The number of anilines is 1. The summed E-state index contributed by atoms with van der Waals surface area (Å²) in [6.45, 7) is 0.119. The van der Waals surface area contributed by atoms with Crippen LogP contribution in [0.5, 0.6) is 0 Å². The van der Waals surface area contributed by atoms with Gasteiger partial charge in [-0.15, -0.1) is 0 Å². The van der Waals surface area contributed by atoms with Crippen LogP contribution in [0, 0.1) is 10.1 Å². The van der Waals surface area contributed by atoms with Crippen LogP contribution in [0.2, 0.25) is 0 Å². The van der Waals surface area contributed by atoms with Crippen LogP contribution >= 0.6 is 0 Å². The standard InChI is InChI=1S/C7H9N7O3/c8-6-5(14(16)17)7-11-3(2-10-9)1-4(15)13(7)12-6/h1,10,12H,2,8-9H2. The maximum absolute atomic E-state index is 11.6. The fourth-order valence-electron chi connectivity index (χ4n) is 1.47. The van der Waals surface area contributed by atoms with Crippen LogP contribution < -0.4 is 22.6 Å². The lowest BCUT2D eigenvalue weighted by atomic mass is 10.4. The number of hydrogen-bond donors (Lipinski definition) is 4. The number of hydrazine groups is 1. The fraction of sp³-hybridized carbons (Fsp3) is 0.143. The summed E-state index contributed by atoms with van der Waals surface area (Å²) in [4.78, 5) is 25.6. The highest BCUT2D eigenvalue weighted by atomic mass is 16.6. The number of nitrogen functional groups attached to an aromatic ring is 1. The van der Waals surface area contributed by atoms with Crippen LogP contribution in [0.4, 0.5) is 11.5 Å². The highest BCUT2D eigenvalue weighted by molar-refractivity contribution is 5.71. The van der Waals surface area contributed by atoms with Gasteiger partial charge in [0.25, 0.3) is 5.56 Å². The first-order chi connectivity index (χ1) is 8.04. The highest BCUT2D eigenvalue weighted by Crippen LogP contribution is 2.23. The molecule has 0 spiro atoms. The molecule has 2 aromatic heterocycles. The molecule has 0 amide bonds. The van der Waals surface area contributed by atoms with Crippen molar-refractivity contribution in [1.29, 1.82) is 0 Å². The molecule has 2 aromatic rings. The van der Waals surface area contributed by atoms with Gasteiger partial charge < -0.3 is 5.73 Å². The summed E-state index contributed by atoms with van der Waals surface area (Å²) in [7, 11) is 0. The van der Waals surface area contributed by atoms with Gasteiger partial charge in [0.2, 0.25) is 5.65 Å². The van der Waals surface area contributed by atoms with Gasteiger partial charge in [-0.2, -0.15) is 4.52 Å². The van der Waals surface area contributed by atoms with Crippen LogP contribution in [0.25, 0.3) is 5.65 Å². The molecule has 0 bridgehead atoms. The summed E-state index contributed by atoms with van der Waals surface area (Å²) in [5.41, 5.74) is 6.95. The minimum absolute atomic E-state index is 0.119. The van der Waals surface area contributed by atoms with Gasteiger partial charge in [-0.25, -0.2) is 4.98 Å². The van der Waals surface area contributed by atoms with E-state index < -0.39 is 16.2 Å². The largest absolute Gasteiger partial charge is 0.378 e. The summed E-state index contributed by atoms with van der Waals surface area (Å²) in [5, 5.41) is 13.2. The molecule has 0 aliphatic rings. The van der Waals surface area contributed by atoms with Crippen LogP contribution in [0.15, 0.2) is 10.9 Å². The van der Waals surface area contributed by atoms with Crippen LogP contribution in [-0.4, -0.2) is 19.5 Å². The van der Waals surface area contributed by atoms with E-state index in [1.54, 1.807) is 0 Å². The van der Waals surface area contributed by atoms with Crippen molar-refractivity contribution < 1.29 is 4.92 Å². The molecule has 0 aliphatic heterocycles. The molecule has 10 nitrogen and oxygen atoms in total. The second-order valence-electron chi connectivity index (χ2n) is 3.26. The van der Waals surface area contributed by atoms with Gasteiger partial charge in [0.15, 0.2) is 5.82 Å². The minimum Gasteiger partial charge on any atom is -0.378 e. The van der Waals surface area contributed by atoms with Crippen molar-refractivity contribution >= 4 is 17.2 Å². The van der Waals surface area contributed by atoms with Gasteiger partial charge >= 0.3 is 5.69 Å². The van der Waals surface area contributed by atoms with Crippen molar-refractivity contribution in [2.75, 3.05) is 5.73 Å². The zero-order valence-electron chi connectivity index (χ0n) is 8.51. The molecule has 2 heterocycles. The second-order valence-corrected chi connectivity index (χ2v) is 3.26. The van der Waals surface area contributed by atoms with E-state index >= 15 is 0 Å². The number of H-pyrrole nitrogens is 1. The molecule has 0 radical (unpaired) electrons. The second kappa shape index (κ2) is 3.84. The molecule has 0 saturated heterocycles. The van der Waals surface area contributed by atoms with Gasteiger partial charge in [-0.1, -0.05) is 0 Å². The van der Waals surface area contributed by atoms with E-state index in [0.29, 0.717) is 5.69 Å². The van der Waals surface area contributed by atoms with Crippen molar-refractivity contribution in [3.05, 3.63) is 32.2 Å². The molecule has 0 aliphatic carbocycles. The van der Waals surface area contributed by atoms with Crippen molar-refractivity contribution in [3.8, 4) is 0 Å². The van der Waals surface area contributed by atoms with Gasteiger partial charge in [-0.3, -0.25) is 31.3 Å². The van der Waals surface area contributed by atoms with Crippen molar-refractivity contribution in [1.82, 2.24) is 20.0 Å². The van der Waals surface area contributed by atoms with E-state index in [9.17, 15) is 14.9 Å². The Labute approximate surface area is 93.3 Å². The number of hydrogen-bond acceptors (Lipinski definition) is 7. The Kier molecular flexibility index (Phi) is 2.49. The summed E-state index contributed by atoms with van der Waals surface area (Å²) in [6, 6.07) is 1.20. The lowest BCUT2D eigenvalue weighted by molar-refractivity contribution is -0.382. The van der Waals surface area contributed by atoms with Crippen LogP contribution in [-0.2, 0) is 6.54 Å². The SMILES string of the molecule is NNCc1cc(=O)n2[nH]c(N)c([N+](=O)[O-])c2n1. The molecule has 0 atom stereocenters. The zero-order valence-corrected chi connectivity index (χ0v) is 8.51. The van der Waals surface area contributed by atoms with E-state index in [2.05, 4.69) is 15.5 Å². The highest BCUT2D eigenvalue weighted by Gasteiger charge is 2.23. The molecule has 0 saturated carbocycles. The predicted molar refractivity (Wildman–Crippen MR) is 57.9 cm³/mol. The Balaban J connectivity index is 2.79. The van der Waals surface area contributed by atoms with E-state index in [4.69, 9.17) is 11.6 Å². The van der Waals surface area contributed by atoms with Gasteiger partial charge in [0.05, 0.1) is 17.2 Å². The normalized spacial score (nSPS) is 10.9. The molecule has 0 unspecified atom stereocenters. The molecule has 0 aromatic carbocycles. The summed E-state index contributed by atoms with van der Waals surface area (Å²) < 4.78 is 0.910. The number of nitrogens with zero attached hydrogens (tertiary/aromatic N) is 3. The van der Waals surface area contributed by atoms with Gasteiger partial charge in [0, 0.05) is 6.07 Å². The molecular weight excluding hydrogens is 230 g/mol. The van der Waals surface area contributed by atoms with Crippen molar-refractivity contribution in [3.63, 3.8) is 0 Å². The summed E-state index contributed by atoms with van der Waals surface area (Å²) in [6.07, 6.45) is 0. The molecule has 0 fully saturated rings. The number of rotatable bonds is 3. The first-order valence-electron chi connectivity index (χ1n) is 4.52. The average molecular weight is 239 g/mol. The smallest absolute Gasteiger partial charge is 0.354 e. The Morgan fingerprint density at radius 2 is 2.35 bits per heavy atom. The number of fused-ring (bicyclic) bond motifs is 1. The minimum atomic E-state index is -0.701. The lowest BCUT2D eigenvalue weighted by Gasteiger charge is -1.98. The quantitative estimate of drug-likeness (QED) is 0.287. The average Bonchev–Trinajstić information content (AvgIpc) is 2.55. The number of nitro groups is 1. The number of nitrogens with two attached hydrogens (primary N) is 2. The van der Waals surface area contributed by atoms with Crippen molar-refractivity contribution in [2.24, 2.45) is 5.84 Å². The Bertz CT molecular complexity index is 643. The number of aromatic amines is 1.